The van der Waals surface area contributed by atoms with E-state index in [-0.39, 0.29) is 41.1 Å². The van der Waals surface area contributed by atoms with E-state index in [1.807, 2.05) is 4.90 Å². The van der Waals surface area contributed by atoms with Crippen LogP contribution in [0.4, 0.5) is 38.0 Å². The lowest BCUT2D eigenvalue weighted by molar-refractivity contribution is -0.159. The molecular weight excluding hydrogens is 572 g/mol. The molecule has 0 radical (unpaired) electrons. The number of carbonyl (C=O) groups is 1. The molecular formula is C26H21F6N7O3. The number of hydrogen-bond acceptors (Lipinski definition) is 9. The monoisotopic (exact) mass is 593 g/mol. The van der Waals surface area contributed by atoms with Gasteiger partial charge < -0.3 is 24.5 Å². The molecule has 2 aromatic carbocycles. The van der Waals surface area contributed by atoms with E-state index in [0.29, 0.717) is 24.7 Å². The Kier molecular flexibility index (Phi) is 6.67. The van der Waals surface area contributed by atoms with Crippen LogP contribution in [-0.2, 0) is 23.4 Å². The molecule has 0 spiro atoms. The average molecular weight is 593 g/mol. The Morgan fingerprint density at radius 3 is 2.45 bits per heavy atom. The smallest absolute Gasteiger partial charge is 0.403 e. The van der Waals surface area contributed by atoms with E-state index in [1.54, 1.807) is 0 Å². The first kappa shape index (κ1) is 27.7. The molecule has 42 heavy (non-hydrogen) atoms. The zero-order valence-electron chi connectivity index (χ0n) is 21.5. The summed E-state index contributed by atoms with van der Waals surface area (Å²) >= 11 is 0. The van der Waals surface area contributed by atoms with Gasteiger partial charge in [-0.05, 0) is 30.5 Å². The summed E-state index contributed by atoms with van der Waals surface area (Å²) in [6, 6.07) is 5.92. The number of fused-ring (bicyclic) bond motifs is 1. The second-order valence-corrected chi connectivity index (χ2v) is 9.99. The first-order valence-electron chi connectivity index (χ1n) is 12.8. The van der Waals surface area contributed by atoms with Crippen molar-refractivity contribution >= 4 is 17.6 Å². The maximum absolute atomic E-state index is 15.3. The molecule has 4 heterocycles. The van der Waals surface area contributed by atoms with Gasteiger partial charge in [-0.2, -0.15) is 18.2 Å². The number of rotatable bonds is 5. The first-order valence-corrected chi connectivity index (χ1v) is 12.8. The van der Waals surface area contributed by atoms with Crippen molar-refractivity contribution in [3.8, 4) is 22.8 Å². The van der Waals surface area contributed by atoms with Crippen molar-refractivity contribution < 1.29 is 40.1 Å². The molecule has 6 rings (SSSR count). The molecule has 2 aromatic heterocycles. The lowest BCUT2D eigenvalue weighted by Crippen LogP contribution is -2.43. The third-order valence-electron chi connectivity index (χ3n) is 7.07. The van der Waals surface area contributed by atoms with Crippen molar-refractivity contribution in [2.75, 3.05) is 22.9 Å². The molecule has 1 atom stereocenters. The summed E-state index contributed by atoms with van der Waals surface area (Å²) in [5.74, 6) is -7.61. The quantitative estimate of drug-likeness (QED) is 0.322. The van der Waals surface area contributed by atoms with Crippen molar-refractivity contribution in [1.82, 2.24) is 20.3 Å². The second-order valence-electron chi connectivity index (χ2n) is 9.99. The van der Waals surface area contributed by atoms with Gasteiger partial charge in [0.2, 0.25) is 11.7 Å². The van der Waals surface area contributed by atoms with Crippen molar-refractivity contribution in [1.29, 1.82) is 0 Å². The van der Waals surface area contributed by atoms with Gasteiger partial charge in [0.15, 0.2) is 0 Å². The molecule has 0 aliphatic carbocycles. The number of nitrogens with two attached hydrogens (primary N) is 1. The SMILES string of the molecule is N[C@@H]1CC(F)(F)c2cc(F)c(-c3nnc(N4CCCC4)o3)cc2N(Cc2ccc(-c3noc(C(F)(F)F)n3)cc2)C1=O. The van der Waals surface area contributed by atoms with Crippen LogP contribution in [0, 0.1) is 5.82 Å². The minimum Gasteiger partial charge on any atom is -0.403 e. The molecule has 0 unspecified atom stereocenters. The largest absolute Gasteiger partial charge is 0.471 e. The molecule has 0 bridgehead atoms. The second kappa shape index (κ2) is 10.1. The third-order valence-corrected chi connectivity index (χ3v) is 7.07. The van der Waals surface area contributed by atoms with Crippen LogP contribution in [-0.4, -0.2) is 45.4 Å². The Labute approximate surface area is 233 Å². The zero-order valence-corrected chi connectivity index (χ0v) is 21.5. The molecule has 1 saturated heterocycles. The van der Waals surface area contributed by atoms with E-state index < -0.39 is 47.7 Å². The molecule has 4 aromatic rings. The van der Waals surface area contributed by atoms with Crippen LogP contribution in [0.1, 0.15) is 36.3 Å². The van der Waals surface area contributed by atoms with Crippen molar-refractivity contribution in [2.24, 2.45) is 5.73 Å². The van der Waals surface area contributed by atoms with Gasteiger partial charge in [0.1, 0.15) is 5.82 Å². The first-order chi connectivity index (χ1) is 19.9. The van der Waals surface area contributed by atoms with E-state index in [9.17, 15) is 18.0 Å². The zero-order chi connectivity index (χ0) is 29.8. The number of alkyl halides is 5. The number of carbonyl (C=O) groups excluding carboxylic acids is 1. The van der Waals surface area contributed by atoms with Crippen LogP contribution in [0.2, 0.25) is 0 Å². The van der Waals surface area contributed by atoms with Gasteiger partial charge in [-0.25, -0.2) is 13.2 Å². The highest BCUT2D eigenvalue weighted by Crippen LogP contribution is 2.45. The summed E-state index contributed by atoms with van der Waals surface area (Å²) in [6.45, 7) is 1.08. The van der Waals surface area contributed by atoms with Crippen molar-refractivity contribution in [3.05, 3.63) is 59.2 Å². The lowest BCUT2D eigenvalue weighted by atomic mass is 9.99. The molecule has 2 N–H and O–H groups in total. The minimum absolute atomic E-state index is 0.168. The summed E-state index contributed by atoms with van der Waals surface area (Å²) in [7, 11) is 0. The van der Waals surface area contributed by atoms with Crippen LogP contribution >= 0.6 is 0 Å². The van der Waals surface area contributed by atoms with E-state index in [0.717, 1.165) is 23.8 Å². The number of anilines is 2. The number of nitrogens with zero attached hydrogens (tertiary/aromatic N) is 6. The maximum atomic E-state index is 15.3. The topological polar surface area (TPSA) is 127 Å². The number of benzene rings is 2. The van der Waals surface area contributed by atoms with Gasteiger partial charge in [0.25, 0.3) is 11.8 Å². The standard InChI is InChI=1S/C26H21F6N7O3/c27-17-10-16-19(9-15(17)21-35-36-24(41-21)38-7-1-2-8-38)39(22(40)18(33)11-25(16,28)29)12-13-3-5-14(6-4-13)20-34-23(42-37-20)26(30,31)32/h3-6,9-10,18H,1-2,7-8,11-12,33H2/t18-/m1/s1. The fourth-order valence-electron chi connectivity index (χ4n) is 4.96. The van der Waals surface area contributed by atoms with Crippen LogP contribution in [0.3, 0.4) is 0 Å². The lowest BCUT2D eigenvalue weighted by Gasteiger charge is -2.25. The van der Waals surface area contributed by atoms with E-state index in [2.05, 4.69) is 24.9 Å². The van der Waals surface area contributed by atoms with E-state index in [4.69, 9.17) is 10.2 Å². The number of hydrogen-bond donors (Lipinski definition) is 1. The Hall–Kier alpha value is -4.47. The Bertz CT molecular complexity index is 1630. The number of amides is 1. The van der Waals surface area contributed by atoms with Gasteiger partial charge in [-0.15, -0.1) is 5.10 Å². The normalized spacial score (nSPS) is 18.8. The molecule has 220 valence electrons. The highest BCUT2D eigenvalue weighted by Gasteiger charge is 2.45. The van der Waals surface area contributed by atoms with Gasteiger partial charge in [0.05, 0.1) is 23.8 Å². The van der Waals surface area contributed by atoms with Gasteiger partial charge in [0, 0.05) is 30.6 Å². The van der Waals surface area contributed by atoms with Gasteiger partial charge >= 0.3 is 18.1 Å². The van der Waals surface area contributed by atoms with Crippen LogP contribution in [0.15, 0.2) is 45.3 Å². The molecule has 1 fully saturated rings. The van der Waals surface area contributed by atoms with E-state index in [1.165, 1.54) is 24.3 Å². The molecule has 10 nitrogen and oxygen atoms in total. The third kappa shape index (κ3) is 5.06. The van der Waals surface area contributed by atoms with Gasteiger partial charge in [-0.3, -0.25) is 4.79 Å². The average Bonchev–Trinajstić information content (AvgIpc) is 3.72. The number of aromatic nitrogens is 4. The van der Waals surface area contributed by atoms with Crippen LogP contribution < -0.4 is 15.5 Å². The van der Waals surface area contributed by atoms with Crippen molar-refractivity contribution in [2.45, 2.75) is 43.9 Å². The van der Waals surface area contributed by atoms with E-state index >= 15 is 13.2 Å². The molecule has 2 aliphatic rings. The van der Waals surface area contributed by atoms with Crippen LogP contribution in [0.5, 0.6) is 0 Å². The fraction of sp³-hybridized carbons (Fsp3) is 0.346. The number of halogens is 6. The van der Waals surface area contributed by atoms with Crippen LogP contribution in [0.25, 0.3) is 22.8 Å². The molecule has 1 amide bonds. The fourth-order valence-corrected chi connectivity index (χ4v) is 4.96. The summed E-state index contributed by atoms with van der Waals surface area (Å²) in [4.78, 5) is 19.4. The molecule has 2 aliphatic heterocycles. The Balaban J connectivity index is 1.35. The van der Waals surface area contributed by atoms with Gasteiger partial charge in [-0.1, -0.05) is 34.5 Å². The summed E-state index contributed by atoms with van der Waals surface area (Å²) in [5, 5.41) is 11.2. The van der Waals surface area contributed by atoms with Crippen molar-refractivity contribution in [3.63, 3.8) is 0 Å². The molecule has 16 heteroatoms. The summed E-state index contributed by atoms with van der Waals surface area (Å²) < 4.78 is 94.1. The predicted octanol–water partition coefficient (Wildman–Crippen LogP) is 4.90. The Morgan fingerprint density at radius 1 is 1.07 bits per heavy atom. The minimum atomic E-state index is -4.82. The predicted molar refractivity (Wildman–Crippen MR) is 134 cm³/mol. The Morgan fingerprint density at radius 2 is 1.79 bits per heavy atom. The highest BCUT2D eigenvalue weighted by molar-refractivity contribution is 5.99. The highest BCUT2D eigenvalue weighted by atomic mass is 19.4. The summed E-state index contributed by atoms with van der Waals surface area (Å²) in [6.07, 6.45) is -4.03. The maximum Gasteiger partial charge on any atom is 0.471 e. The molecule has 0 saturated carbocycles. The summed E-state index contributed by atoms with van der Waals surface area (Å²) in [5.41, 5.74) is 5.11.